The van der Waals surface area contributed by atoms with E-state index in [0.29, 0.717) is 6.54 Å². The minimum Gasteiger partial charge on any atom is -0.313 e. The van der Waals surface area contributed by atoms with Crippen LogP contribution in [0.25, 0.3) is 16.9 Å². The van der Waals surface area contributed by atoms with Crippen LogP contribution in [-0.4, -0.2) is 27.0 Å². The number of nitrogens with zero attached hydrogens (tertiary/aromatic N) is 4. The molecule has 0 aliphatic heterocycles. The zero-order chi connectivity index (χ0) is 14.8. The van der Waals surface area contributed by atoms with Crippen molar-refractivity contribution < 1.29 is 4.79 Å². The molecule has 0 saturated carbocycles. The van der Waals surface area contributed by atoms with Crippen LogP contribution < -0.4 is 4.90 Å². The number of hydrogen-bond donors (Lipinski definition) is 0. The maximum atomic E-state index is 11.6. The van der Waals surface area contributed by atoms with Gasteiger partial charge in [0.25, 0.3) is 0 Å². The molecule has 3 rings (SSSR count). The predicted molar refractivity (Wildman–Crippen MR) is 82.1 cm³/mol. The summed E-state index contributed by atoms with van der Waals surface area (Å²) in [6.07, 6.45) is 3.50. The maximum Gasteiger partial charge on any atom is 0.223 e. The first-order chi connectivity index (χ1) is 10.2. The van der Waals surface area contributed by atoms with Crippen LogP contribution in [0.2, 0.25) is 0 Å². The monoisotopic (exact) mass is 280 g/mol. The molecule has 1 amide bonds. The van der Waals surface area contributed by atoms with E-state index >= 15 is 0 Å². The van der Waals surface area contributed by atoms with Gasteiger partial charge in [-0.05, 0) is 25.1 Å². The van der Waals surface area contributed by atoms with Crippen molar-refractivity contribution in [1.29, 1.82) is 0 Å². The fraction of sp³-hybridized carbons (Fsp3) is 0.188. The summed E-state index contributed by atoms with van der Waals surface area (Å²) < 4.78 is 1.80. The lowest BCUT2D eigenvalue weighted by molar-refractivity contribution is -0.116. The summed E-state index contributed by atoms with van der Waals surface area (Å²) in [6.45, 7) is 4.20. The second kappa shape index (κ2) is 5.36. The summed E-state index contributed by atoms with van der Waals surface area (Å²) in [4.78, 5) is 17.6. The van der Waals surface area contributed by atoms with Crippen molar-refractivity contribution in [3.63, 3.8) is 0 Å². The maximum absolute atomic E-state index is 11.6. The van der Waals surface area contributed by atoms with Gasteiger partial charge in [0.2, 0.25) is 5.91 Å². The third-order valence-corrected chi connectivity index (χ3v) is 3.46. The first kappa shape index (κ1) is 13.3. The van der Waals surface area contributed by atoms with E-state index in [4.69, 9.17) is 0 Å². The van der Waals surface area contributed by atoms with Crippen LogP contribution in [0.1, 0.15) is 13.8 Å². The van der Waals surface area contributed by atoms with Crippen molar-refractivity contribution in [1.82, 2.24) is 14.6 Å². The predicted octanol–water partition coefficient (Wildman–Crippen LogP) is 2.77. The molecule has 1 aromatic carbocycles. The van der Waals surface area contributed by atoms with E-state index in [-0.39, 0.29) is 5.91 Å². The van der Waals surface area contributed by atoms with E-state index in [1.165, 1.54) is 0 Å². The molecule has 0 N–H and O–H groups in total. The molecular formula is C16H16N4O. The summed E-state index contributed by atoms with van der Waals surface area (Å²) in [6, 6.07) is 11.7. The van der Waals surface area contributed by atoms with E-state index in [1.807, 2.05) is 43.3 Å². The van der Waals surface area contributed by atoms with Gasteiger partial charge in [-0.3, -0.25) is 4.79 Å². The van der Waals surface area contributed by atoms with Crippen molar-refractivity contribution >= 4 is 17.2 Å². The zero-order valence-corrected chi connectivity index (χ0v) is 12.0. The normalized spacial score (nSPS) is 10.8. The SMILES string of the molecule is CCN(C(C)=O)c1ccc(-c2ccnc3ccnn23)cc1. The minimum atomic E-state index is 0.0450. The highest BCUT2D eigenvalue weighted by Crippen LogP contribution is 2.23. The number of amides is 1. The van der Waals surface area contributed by atoms with Crippen LogP contribution in [0.3, 0.4) is 0 Å². The molecular weight excluding hydrogens is 264 g/mol. The molecule has 5 heteroatoms. The molecule has 0 saturated heterocycles. The molecule has 5 nitrogen and oxygen atoms in total. The lowest BCUT2D eigenvalue weighted by atomic mass is 10.1. The molecule has 0 aliphatic rings. The number of fused-ring (bicyclic) bond motifs is 1. The number of aromatic nitrogens is 3. The van der Waals surface area contributed by atoms with Crippen molar-refractivity contribution in [2.75, 3.05) is 11.4 Å². The summed E-state index contributed by atoms with van der Waals surface area (Å²) in [5.41, 5.74) is 3.73. The number of carbonyl (C=O) groups is 1. The Balaban J connectivity index is 2.01. The molecule has 2 heterocycles. The van der Waals surface area contributed by atoms with Gasteiger partial charge < -0.3 is 4.90 Å². The Bertz CT molecular complexity index is 776. The molecule has 0 atom stereocenters. The molecule has 2 aromatic heterocycles. The van der Waals surface area contributed by atoms with Crippen molar-refractivity contribution in [3.05, 3.63) is 48.8 Å². The molecule has 3 aromatic rings. The topological polar surface area (TPSA) is 50.5 Å². The van der Waals surface area contributed by atoms with Gasteiger partial charge in [0.15, 0.2) is 5.65 Å². The second-order valence-electron chi connectivity index (χ2n) is 4.74. The van der Waals surface area contributed by atoms with Gasteiger partial charge >= 0.3 is 0 Å². The number of rotatable bonds is 3. The average Bonchev–Trinajstić information content (AvgIpc) is 2.97. The third kappa shape index (κ3) is 2.38. The van der Waals surface area contributed by atoms with E-state index in [1.54, 1.807) is 28.7 Å². The Morgan fingerprint density at radius 1 is 1.14 bits per heavy atom. The van der Waals surface area contributed by atoms with Gasteiger partial charge in [-0.1, -0.05) is 12.1 Å². The van der Waals surface area contributed by atoms with Crippen molar-refractivity contribution in [2.24, 2.45) is 0 Å². The number of hydrogen-bond acceptors (Lipinski definition) is 3. The Morgan fingerprint density at radius 3 is 2.57 bits per heavy atom. The Labute approximate surface area is 122 Å². The van der Waals surface area contributed by atoms with Gasteiger partial charge in [0.05, 0.1) is 11.9 Å². The van der Waals surface area contributed by atoms with Gasteiger partial charge in [0, 0.05) is 37.0 Å². The largest absolute Gasteiger partial charge is 0.313 e. The van der Waals surface area contributed by atoms with Crippen LogP contribution in [0.5, 0.6) is 0 Å². The standard InChI is InChI=1S/C16H16N4O/c1-3-19(12(2)21)14-6-4-13(5-7-14)15-8-10-17-16-9-11-18-20(15)16/h4-11H,3H2,1-2H3. The Kier molecular flexibility index (Phi) is 3.39. The molecule has 0 fully saturated rings. The summed E-state index contributed by atoms with van der Waals surface area (Å²) >= 11 is 0. The van der Waals surface area contributed by atoms with Crippen molar-refractivity contribution in [3.8, 4) is 11.3 Å². The fourth-order valence-corrected chi connectivity index (χ4v) is 2.45. The highest BCUT2D eigenvalue weighted by Gasteiger charge is 2.10. The number of anilines is 1. The van der Waals surface area contributed by atoms with Gasteiger partial charge in [0.1, 0.15) is 0 Å². The van der Waals surface area contributed by atoms with Gasteiger partial charge in [-0.15, -0.1) is 0 Å². The summed E-state index contributed by atoms with van der Waals surface area (Å²) in [5, 5.41) is 4.29. The fourth-order valence-electron chi connectivity index (χ4n) is 2.45. The van der Waals surface area contributed by atoms with E-state index in [2.05, 4.69) is 10.1 Å². The van der Waals surface area contributed by atoms with E-state index < -0.39 is 0 Å². The highest BCUT2D eigenvalue weighted by molar-refractivity contribution is 5.91. The molecule has 21 heavy (non-hydrogen) atoms. The minimum absolute atomic E-state index is 0.0450. The van der Waals surface area contributed by atoms with Crippen LogP contribution in [0, 0.1) is 0 Å². The lowest BCUT2D eigenvalue weighted by Crippen LogP contribution is -2.27. The third-order valence-electron chi connectivity index (χ3n) is 3.46. The zero-order valence-electron chi connectivity index (χ0n) is 12.0. The molecule has 106 valence electrons. The lowest BCUT2D eigenvalue weighted by Gasteiger charge is -2.19. The Morgan fingerprint density at radius 2 is 1.90 bits per heavy atom. The number of benzene rings is 1. The van der Waals surface area contributed by atoms with Crippen LogP contribution >= 0.6 is 0 Å². The molecule has 0 radical (unpaired) electrons. The first-order valence-electron chi connectivity index (χ1n) is 6.88. The highest BCUT2D eigenvalue weighted by atomic mass is 16.2. The molecule has 0 bridgehead atoms. The van der Waals surface area contributed by atoms with Gasteiger partial charge in [-0.2, -0.15) is 5.10 Å². The molecule has 0 spiro atoms. The van der Waals surface area contributed by atoms with Gasteiger partial charge in [-0.25, -0.2) is 9.50 Å². The quantitative estimate of drug-likeness (QED) is 0.741. The van der Waals surface area contributed by atoms with Crippen LogP contribution in [0.15, 0.2) is 48.8 Å². The van der Waals surface area contributed by atoms with Crippen LogP contribution in [0.4, 0.5) is 5.69 Å². The first-order valence-corrected chi connectivity index (χ1v) is 6.88. The van der Waals surface area contributed by atoms with E-state index in [9.17, 15) is 4.79 Å². The number of carbonyl (C=O) groups excluding carboxylic acids is 1. The average molecular weight is 280 g/mol. The smallest absolute Gasteiger partial charge is 0.223 e. The van der Waals surface area contributed by atoms with Crippen LogP contribution in [-0.2, 0) is 4.79 Å². The summed E-state index contributed by atoms with van der Waals surface area (Å²) in [5.74, 6) is 0.0450. The van der Waals surface area contributed by atoms with Crippen molar-refractivity contribution in [2.45, 2.75) is 13.8 Å². The second-order valence-corrected chi connectivity index (χ2v) is 4.74. The summed E-state index contributed by atoms with van der Waals surface area (Å²) in [7, 11) is 0. The molecule has 0 unspecified atom stereocenters. The van der Waals surface area contributed by atoms with E-state index in [0.717, 1.165) is 22.6 Å². The Hall–Kier alpha value is -2.69. The molecule has 0 aliphatic carbocycles.